The van der Waals surface area contributed by atoms with Gasteiger partial charge >= 0.3 is 11.9 Å². The lowest BCUT2D eigenvalue weighted by Gasteiger charge is -2.64. The summed E-state index contributed by atoms with van der Waals surface area (Å²) in [7, 11) is 0. The Bertz CT molecular complexity index is 1730. The van der Waals surface area contributed by atoms with Crippen LogP contribution in [0.1, 0.15) is 208 Å². The van der Waals surface area contributed by atoms with E-state index in [0.717, 1.165) is 82.6 Å². The van der Waals surface area contributed by atoms with E-state index in [4.69, 9.17) is 37.9 Å². The summed E-state index contributed by atoms with van der Waals surface area (Å²) in [5.74, 6) is 0.770. The molecule has 0 bridgehead atoms. The summed E-state index contributed by atoms with van der Waals surface area (Å²) >= 11 is 0. The number of aliphatic hydroxyl groups is 4. The molecule has 0 aromatic rings. The van der Waals surface area contributed by atoms with E-state index in [0.29, 0.717) is 24.9 Å². The molecular formula is C57H94O14. The lowest BCUT2D eigenvalue weighted by molar-refractivity contribution is -0.336. The van der Waals surface area contributed by atoms with Crippen LogP contribution < -0.4 is 0 Å². The highest BCUT2D eigenvalue weighted by molar-refractivity contribution is 5.85. The first-order valence-electron chi connectivity index (χ1n) is 28.8. The van der Waals surface area contributed by atoms with Crippen LogP contribution in [0.3, 0.4) is 0 Å². The Morgan fingerprint density at radius 2 is 1.17 bits per heavy atom. The molecule has 4 aliphatic carbocycles. The standard InChI is InChI=1S/C57H94O14/c1-7-8-9-10-11-12-13-14-15-16-17-18-19-20-47(61)69-52-35(2)66-50(32-44(52)58)70-54-37(4)67-51(33-46(54)60)71-53-36(3)65-49(31-45(53)59)68-40-23-26-55(5)39(30-40)21-22-43-42(55)24-27-56(6)41(25-28-57(43,56)63)38-29-48(62)64-34-38/h29,35-37,39-46,49-54,58-60,63H,7-28,30-34H2,1-6H3/t35-,36-,37-,39-,40+,41-,42+,43-,44+,45+,46+,49+,50+,51+,52-,53-,54-,55+,56-,57+/m1/s1. The van der Waals surface area contributed by atoms with E-state index < -0.39 is 79.4 Å². The summed E-state index contributed by atoms with van der Waals surface area (Å²) in [4.78, 5) is 24.7. The number of hydrogen-bond acceptors (Lipinski definition) is 14. The number of aliphatic hydroxyl groups excluding tert-OH is 3. The van der Waals surface area contributed by atoms with Crippen molar-refractivity contribution < 1.29 is 67.9 Å². The monoisotopic (exact) mass is 1000 g/mol. The van der Waals surface area contributed by atoms with Gasteiger partial charge in [0, 0.05) is 37.2 Å². The van der Waals surface area contributed by atoms with Crippen molar-refractivity contribution in [1.82, 2.24) is 0 Å². The molecular weight excluding hydrogens is 909 g/mol. The zero-order chi connectivity index (χ0) is 50.5. The van der Waals surface area contributed by atoms with Crippen LogP contribution in [0.15, 0.2) is 11.6 Å². The molecule has 4 N–H and O–H groups in total. The molecule has 4 heterocycles. The second-order valence-electron chi connectivity index (χ2n) is 24.2. The van der Waals surface area contributed by atoms with Gasteiger partial charge in [0.05, 0.1) is 48.3 Å². The first-order valence-corrected chi connectivity index (χ1v) is 28.8. The Kier molecular flexibility index (Phi) is 19.2. The third kappa shape index (κ3) is 12.6. The number of rotatable bonds is 22. The summed E-state index contributed by atoms with van der Waals surface area (Å²) in [6.07, 6.45) is 18.1. The van der Waals surface area contributed by atoms with Crippen molar-refractivity contribution in [2.24, 2.45) is 34.5 Å². The second kappa shape index (κ2) is 24.5. The maximum Gasteiger partial charge on any atom is 0.331 e. The molecule has 20 atom stereocenters. The van der Waals surface area contributed by atoms with E-state index >= 15 is 0 Å². The molecule has 0 aromatic carbocycles. The van der Waals surface area contributed by atoms with Gasteiger partial charge in [-0.2, -0.15) is 0 Å². The molecule has 8 rings (SSSR count). The van der Waals surface area contributed by atoms with Crippen LogP contribution >= 0.6 is 0 Å². The Labute approximate surface area is 425 Å². The number of cyclic esters (lactones) is 1. The highest BCUT2D eigenvalue weighted by atomic mass is 16.7. The summed E-state index contributed by atoms with van der Waals surface area (Å²) in [5, 5.41) is 46.5. The van der Waals surface area contributed by atoms with Crippen molar-refractivity contribution in [3.8, 4) is 0 Å². The molecule has 0 aromatic heterocycles. The molecule has 8 aliphatic rings. The molecule has 7 fully saturated rings. The van der Waals surface area contributed by atoms with Gasteiger partial charge in [0.25, 0.3) is 0 Å². The lowest BCUT2D eigenvalue weighted by atomic mass is 9.43. The number of hydrogen-bond donors (Lipinski definition) is 4. The molecule has 14 nitrogen and oxygen atoms in total. The molecule has 14 heteroatoms. The largest absolute Gasteiger partial charge is 0.458 e. The van der Waals surface area contributed by atoms with Crippen LogP contribution in [0.4, 0.5) is 0 Å². The SMILES string of the molecule is CCCCCCCCCCCCCCCC(=O)O[C@H]1[C@@H](O)C[C@H](O[C@H]2[C@@H](O)C[C@H](O[C@H]3[C@@H](O)C[C@H](O[C@H]4CC[C@@]5(C)[C@H](CC[C@@H]6[C@@H]5CC[C@]5(C)[C@@H](C7=CC(=O)OC7)CC[C@]65O)C4)O[C@@H]3C)O[C@@H]2C)O[C@@H]1C. The zero-order valence-electron chi connectivity index (χ0n) is 44.4. The van der Waals surface area contributed by atoms with E-state index in [1.165, 1.54) is 64.2 Å². The number of carbonyl (C=O) groups excluding carboxylic acids is 2. The van der Waals surface area contributed by atoms with E-state index in [1.807, 2.05) is 6.92 Å². The molecule has 4 saturated carbocycles. The fourth-order valence-corrected chi connectivity index (χ4v) is 15.4. The van der Waals surface area contributed by atoms with Crippen LogP contribution in [-0.2, 0) is 47.5 Å². The van der Waals surface area contributed by atoms with Crippen molar-refractivity contribution in [1.29, 1.82) is 0 Å². The summed E-state index contributed by atoms with van der Waals surface area (Å²) in [6.45, 7) is 12.8. The maximum absolute atomic E-state index is 12.7. The Hall–Kier alpha value is -1.72. The number of esters is 2. The van der Waals surface area contributed by atoms with E-state index in [1.54, 1.807) is 19.9 Å². The molecule has 71 heavy (non-hydrogen) atoms. The molecule has 3 saturated heterocycles. The number of ether oxygens (including phenoxy) is 8. The Balaban J connectivity index is 0.718. The van der Waals surface area contributed by atoms with E-state index in [9.17, 15) is 30.0 Å². The average Bonchev–Trinajstić information content (AvgIpc) is 3.87. The summed E-state index contributed by atoms with van der Waals surface area (Å²) < 4.78 is 48.9. The van der Waals surface area contributed by atoms with Crippen LogP contribution in [0, 0.1) is 34.5 Å². The van der Waals surface area contributed by atoms with Crippen LogP contribution in [0.2, 0.25) is 0 Å². The fourth-order valence-electron chi connectivity index (χ4n) is 15.4. The molecule has 406 valence electrons. The van der Waals surface area contributed by atoms with E-state index in [-0.39, 0.29) is 60.0 Å². The molecule has 0 radical (unpaired) electrons. The second-order valence-corrected chi connectivity index (χ2v) is 24.2. The summed E-state index contributed by atoms with van der Waals surface area (Å²) in [5.41, 5.74) is 0.184. The van der Waals surface area contributed by atoms with Gasteiger partial charge < -0.3 is 58.3 Å². The molecule has 0 spiro atoms. The minimum Gasteiger partial charge on any atom is -0.458 e. The van der Waals surface area contributed by atoms with Gasteiger partial charge in [-0.3, -0.25) is 4.79 Å². The van der Waals surface area contributed by atoms with Crippen LogP contribution in [-0.4, -0.2) is 124 Å². The Morgan fingerprint density at radius 1 is 0.634 bits per heavy atom. The van der Waals surface area contributed by atoms with Gasteiger partial charge in [0.2, 0.25) is 0 Å². The van der Waals surface area contributed by atoms with Crippen molar-refractivity contribution in [2.45, 2.75) is 294 Å². The van der Waals surface area contributed by atoms with Gasteiger partial charge in [-0.1, -0.05) is 97.8 Å². The normalized spacial score (nSPS) is 44.6. The van der Waals surface area contributed by atoms with Gasteiger partial charge in [-0.15, -0.1) is 0 Å². The van der Waals surface area contributed by atoms with Crippen LogP contribution in [0.5, 0.6) is 0 Å². The number of unbranched alkanes of at least 4 members (excludes halogenated alkanes) is 12. The molecule has 0 unspecified atom stereocenters. The third-order valence-electron chi connectivity index (χ3n) is 19.6. The predicted octanol–water partition coefficient (Wildman–Crippen LogP) is 9.28. The predicted molar refractivity (Wildman–Crippen MR) is 265 cm³/mol. The quantitative estimate of drug-likeness (QED) is 0.0456. The first kappa shape index (κ1) is 55.5. The topological polar surface area (TPSA) is 189 Å². The number of carbonyl (C=O) groups is 2. The Morgan fingerprint density at radius 3 is 1.70 bits per heavy atom. The van der Waals surface area contributed by atoms with Crippen LogP contribution in [0.25, 0.3) is 0 Å². The van der Waals surface area contributed by atoms with Crippen molar-refractivity contribution >= 4 is 11.9 Å². The van der Waals surface area contributed by atoms with Crippen molar-refractivity contribution in [3.63, 3.8) is 0 Å². The van der Waals surface area contributed by atoms with Gasteiger partial charge in [0.1, 0.15) is 18.8 Å². The average molecular weight is 1000 g/mol. The minimum absolute atomic E-state index is 0.0117. The smallest absolute Gasteiger partial charge is 0.331 e. The van der Waals surface area contributed by atoms with Gasteiger partial charge in [-0.05, 0) is 120 Å². The highest BCUT2D eigenvalue weighted by Crippen LogP contribution is 2.70. The van der Waals surface area contributed by atoms with Gasteiger partial charge in [0.15, 0.2) is 25.0 Å². The van der Waals surface area contributed by atoms with Gasteiger partial charge in [-0.25, -0.2) is 4.79 Å². The number of fused-ring (bicyclic) bond motifs is 5. The highest BCUT2D eigenvalue weighted by Gasteiger charge is 2.68. The zero-order valence-corrected chi connectivity index (χ0v) is 44.4. The maximum atomic E-state index is 12.7. The van der Waals surface area contributed by atoms with Crippen molar-refractivity contribution in [3.05, 3.63) is 11.6 Å². The third-order valence-corrected chi connectivity index (χ3v) is 19.6. The lowest BCUT2D eigenvalue weighted by Crippen LogP contribution is -2.62. The molecule has 0 amide bonds. The minimum atomic E-state index is -0.983. The molecule has 4 aliphatic heterocycles. The van der Waals surface area contributed by atoms with E-state index in [2.05, 4.69) is 20.8 Å². The fraction of sp³-hybridized carbons (Fsp3) is 0.930. The summed E-state index contributed by atoms with van der Waals surface area (Å²) in [6, 6.07) is 0. The first-order chi connectivity index (χ1) is 34.0. The van der Waals surface area contributed by atoms with Crippen molar-refractivity contribution in [2.75, 3.05) is 6.61 Å².